The molecule has 1 heterocycles. The van der Waals surface area contributed by atoms with Gasteiger partial charge >= 0.3 is 5.97 Å². The van der Waals surface area contributed by atoms with Crippen LogP contribution in [0.2, 0.25) is 0 Å². The number of rotatable bonds is 9. The third-order valence-corrected chi connectivity index (χ3v) is 4.77. The Hall–Kier alpha value is -2.57. The number of hydrogen-bond donors (Lipinski definition) is 1. The molecule has 154 valence electrons. The Labute approximate surface area is 166 Å². The van der Waals surface area contributed by atoms with Crippen molar-refractivity contribution in [1.82, 2.24) is 10.2 Å². The van der Waals surface area contributed by atoms with Crippen molar-refractivity contribution < 1.29 is 23.9 Å². The van der Waals surface area contributed by atoms with Gasteiger partial charge < -0.3 is 19.7 Å². The number of carbonyl (C=O) groups excluding carboxylic acids is 3. The minimum Gasteiger partial charge on any atom is -0.494 e. The van der Waals surface area contributed by atoms with Crippen LogP contribution in [-0.4, -0.2) is 55.5 Å². The van der Waals surface area contributed by atoms with Crippen molar-refractivity contribution in [2.75, 3.05) is 32.8 Å². The van der Waals surface area contributed by atoms with Crippen LogP contribution >= 0.6 is 0 Å². The van der Waals surface area contributed by atoms with Crippen molar-refractivity contribution in [2.45, 2.75) is 39.5 Å². The number of benzene rings is 1. The van der Waals surface area contributed by atoms with E-state index >= 15 is 0 Å². The lowest BCUT2D eigenvalue weighted by atomic mass is 9.99. The van der Waals surface area contributed by atoms with Gasteiger partial charge in [0.15, 0.2) is 6.61 Å². The lowest BCUT2D eigenvalue weighted by Gasteiger charge is -2.30. The molecule has 1 aromatic carbocycles. The maximum atomic E-state index is 12.1. The predicted octanol–water partition coefficient (Wildman–Crippen LogP) is 2.40. The summed E-state index contributed by atoms with van der Waals surface area (Å²) in [6.45, 7) is 5.73. The second kappa shape index (κ2) is 11.3. The number of nitrogens with zero attached hydrogens (tertiary/aromatic N) is 1. The molecule has 0 aromatic heterocycles. The standard InChI is InChI=1S/C21H30N2O5/c1-3-4-13-27-18-7-5-17(6-8-18)21(26)22-14-20(25)28-15-19(24)23-11-9-16(2)10-12-23/h5-8,16H,3-4,9-15H2,1-2H3,(H,22,26). The topological polar surface area (TPSA) is 84.9 Å². The van der Waals surface area contributed by atoms with Crippen LogP contribution in [0, 0.1) is 5.92 Å². The lowest BCUT2D eigenvalue weighted by Crippen LogP contribution is -2.41. The maximum absolute atomic E-state index is 12.1. The number of amides is 2. The minimum absolute atomic E-state index is 0.190. The van der Waals surface area contributed by atoms with Gasteiger partial charge in [-0.05, 0) is 49.4 Å². The molecule has 0 atom stereocenters. The molecule has 1 aliphatic heterocycles. The van der Waals surface area contributed by atoms with E-state index in [1.54, 1.807) is 29.2 Å². The predicted molar refractivity (Wildman–Crippen MR) is 105 cm³/mol. The van der Waals surface area contributed by atoms with Crippen LogP contribution in [0.4, 0.5) is 0 Å². The van der Waals surface area contributed by atoms with Gasteiger partial charge in [0.05, 0.1) is 6.61 Å². The third-order valence-electron chi connectivity index (χ3n) is 4.77. The Morgan fingerprint density at radius 1 is 1.14 bits per heavy atom. The highest BCUT2D eigenvalue weighted by atomic mass is 16.5. The summed E-state index contributed by atoms with van der Waals surface area (Å²) in [5, 5.41) is 2.50. The third kappa shape index (κ3) is 7.21. The summed E-state index contributed by atoms with van der Waals surface area (Å²) < 4.78 is 10.5. The van der Waals surface area contributed by atoms with Gasteiger partial charge in [-0.25, -0.2) is 0 Å². The number of ether oxygens (including phenoxy) is 2. The molecule has 0 bridgehead atoms. The van der Waals surface area contributed by atoms with E-state index in [9.17, 15) is 14.4 Å². The number of piperidine rings is 1. The molecule has 7 nitrogen and oxygen atoms in total. The largest absolute Gasteiger partial charge is 0.494 e. The van der Waals surface area contributed by atoms with E-state index in [1.807, 2.05) is 0 Å². The van der Waals surface area contributed by atoms with Crippen LogP contribution in [0.25, 0.3) is 0 Å². The monoisotopic (exact) mass is 390 g/mol. The normalized spacial score (nSPS) is 14.4. The van der Waals surface area contributed by atoms with Crippen molar-refractivity contribution in [3.63, 3.8) is 0 Å². The van der Waals surface area contributed by atoms with Gasteiger partial charge in [-0.1, -0.05) is 20.3 Å². The Kier molecular flexibility index (Phi) is 8.78. The number of carbonyl (C=O) groups is 3. The van der Waals surface area contributed by atoms with E-state index in [0.29, 0.717) is 36.9 Å². The van der Waals surface area contributed by atoms with Gasteiger partial charge in [0.25, 0.3) is 11.8 Å². The van der Waals surface area contributed by atoms with E-state index < -0.39 is 5.97 Å². The van der Waals surface area contributed by atoms with E-state index in [4.69, 9.17) is 9.47 Å². The molecule has 0 spiro atoms. The molecule has 2 rings (SSSR count). The highest BCUT2D eigenvalue weighted by Gasteiger charge is 2.21. The average molecular weight is 390 g/mol. The Balaban J connectivity index is 1.67. The maximum Gasteiger partial charge on any atom is 0.325 e. The van der Waals surface area contributed by atoms with E-state index in [-0.39, 0.29) is 25.0 Å². The van der Waals surface area contributed by atoms with Crippen molar-refractivity contribution in [2.24, 2.45) is 5.92 Å². The van der Waals surface area contributed by atoms with E-state index in [0.717, 1.165) is 25.7 Å². The Morgan fingerprint density at radius 2 is 1.82 bits per heavy atom. The summed E-state index contributed by atoms with van der Waals surface area (Å²) in [4.78, 5) is 37.7. The number of esters is 1. The van der Waals surface area contributed by atoms with Crippen molar-refractivity contribution >= 4 is 17.8 Å². The van der Waals surface area contributed by atoms with Gasteiger partial charge in [0.1, 0.15) is 12.3 Å². The average Bonchev–Trinajstić information content (AvgIpc) is 2.71. The molecular formula is C21H30N2O5. The van der Waals surface area contributed by atoms with Gasteiger partial charge in [0.2, 0.25) is 0 Å². The van der Waals surface area contributed by atoms with E-state index in [1.165, 1.54) is 0 Å². The van der Waals surface area contributed by atoms with Gasteiger partial charge in [-0.15, -0.1) is 0 Å². The zero-order valence-electron chi connectivity index (χ0n) is 16.7. The fraction of sp³-hybridized carbons (Fsp3) is 0.571. The number of unbranched alkanes of at least 4 members (excludes halogenated alkanes) is 1. The van der Waals surface area contributed by atoms with Crippen LogP contribution in [-0.2, 0) is 14.3 Å². The van der Waals surface area contributed by atoms with Crippen molar-refractivity contribution in [1.29, 1.82) is 0 Å². The van der Waals surface area contributed by atoms with Gasteiger partial charge in [-0.3, -0.25) is 14.4 Å². The Morgan fingerprint density at radius 3 is 2.46 bits per heavy atom. The zero-order chi connectivity index (χ0) is 20.4. The fourth-order valence-corrected chi connectivity index (χ4v) is 2.83. The fourth-order valence-electron chi connectivity index (χ4n) is 2.83. The quantitative estimate of drug-likeness (QED) is 0.517. The van der Waals surface area contributed by atoms with E-state index in [2.05, 4.69) is 19.2 Å². The van der Waals surface area contributed by atoms with Gasteiger partial charge in [0, 0.05) is 18.7 Å². The molecule has 0 radical (unpaired) electrons. The molecule has 1 saturated heterocycles. The number of hydrogen-bond acceptors (Lipinski definition) is 5. The van der Waals surface area contributed by atoms with Gasteiger partial charge in [-0.2, -0.15) is 0 Å². The van der Waals surface area contributed by atoms with Crippen LogP contribution in [0.3, 0.4) is 0 Å². The first-order valence-electron chi connectivity index (χ1n) is 9.94. The SMILES string of the molecule is CCCCOc1ccc(C(=O)NCC(=O)OCC(=O)N2CCC(C)CC2)cc1. The summed E-state index contributed by atoms with van der Waals surface area (Å²) in [5.74, 6) is 0.124. The summed E-state index contributed by atoms with van der Waals surface area (Å²) in [7, 11) is 0. The lowest BCUT2D eigenvalue weighted by molar-refractivity contribution is -0.151. The summed E-state index contributed by atoms with van der Waals surface area (Å²) in [5.41, 5.74) is 0.425. The molecule has 1 aromatic rings. The van der Waals surface area contributed by atoms with Crippen LogP contribution in [0.15, 0.2) is 24.3 Å². The van der Waals surface area contributed by atoms with Crippen molar-refractivity contribution in [3.8, 4) is 5.75 Å². The number of likely N-dealkylation sites (tertiary alicyclic amines) is 1. The molecule has 0 aliphatic carbocycles. The molecule has 1 aliphatic rings. The zero-order valence-corrected chi connectivity index (χ0v) is 16.7. The van der Waals surface area contributed by atoms with Crippen LogP contribution in [0.5, 0.6) is 5.75 Å². The van der Waals surface area contributed by atoms with Crippen molar-refractivity contribution in [3.05, 3.63) is 29.8 Å². The summed E-state index contributed by atoms with van der Waals surface area (Å²) >= 11 is 0. The first-order valence-corrected chi connectivity index (χ1v) is 9.94. The van der Waals surface area contributed by atoms with Crippen LogP contribution in [0.1, 0.15) is 49.9 Å². The first kappa shape index (κ1) is 21.7. The Bertz CT molecular complexity index is 651. The second-order valence-electron chi connectivity index (χ2n) is 7.13. The number of nitrogens with one attached hydrogen (secondary N) is 1. The molecule has 28 heavy (non-hydrogen) atoms. The molecular weight excluding hydrogens is 360 g/mol. The molecule has 1 N–H and O–H groups in total. The minimum atomic E-state index is -0.633. The highest BCUT2D eigenvalue weighted by molar-refractivity contribution is 5.96. The molecule has 1 fully saturated rings. The first-order chi connectivity index (χ1) is 13.5. The molecule has 0 unspecified atom stereocenters. The second-order valence-corrected chi connectivity index (χ2v) is 7.13. The molecule has 7 heteroatoms. The smallest absolute Gasteiger partial charge is 0.325 e. The molecule has 2 amide bonds. The molecule has 0 saturated carbocycles. The summed E-state index contributed by atoms with van der Waals surface area (Å²) in [6.07, 6.45) is 3.97. The highest BCUT2D eigenvalue weighted by Crippen LogP contribution is 2.16. The van der Waals surface area contributed by atoms with Crippen LogP contribution < -0.4 is 10.1 Å². The summed E-state index contributed by atoms with van der Waals surface area (Å²) in [6, 6.07) is 6.73.